The Bertz CT molecular complexity index is 930. The second kappa shape index (κ2) is 5.92. The Hall–Kier alpha value is -3.15. The van der Waals surface area contributed by atoms with E-state index < -0.39 is 0 Å². The van der Waals surface area contributed by atoms with Crippen LogP contribution in [0, 0.1) is 0 Å². The first-order valence-corrected chi connectivity index (χ1v) is 7.02. The number of hydrogen-bond acceptors (Lipinski definition) is 5. The van der Waals surface area contributed by atoms with Gasteiger partial charge in [-0.3, -0.25) is 4.79 Å². The van der Waals surface area contributed by atoms with Crippen LogP contribution in [0.4, 0.5) is 5.69 Å². The molecule has 0 unspecified atom stereocenters. The fraction of sp³-hybridized carbons (Fsp3) is 0.118. The third-order valence-electron chi connectivity index (χ3n) is 3.64. The zero-order valence-corrected chi connectivity index (χ0v) is 12.5. The van der Waals surface area contributed by atoms with Gasteiger partial charge in [0, 0.05) is 17.5 Å². The summed E-state index contributed by atoms with van der Waals surface area (Å²) in [6.45, 7) is 0. The van der Waals surface area contributed by atoms with E-state index >= 15 is 0 Å². The molecular weight excluding hydrogens is 294 g/mol. The number of esters is 1. The van der Waals surface area contributed by atoms with E-state index in [0.717, 1.165) is 16.6 Å². The van der Waals surface area contributed by atoms with Crippen molar-refractivity contribution in [1.29, 1.82) is 0 Å². The van der Waals surface area contributed by atoms with Gasteiger partial charge in [-0.05, 0) is 29.8 Å². The van der Waals surface area contributed by atoms with Gasteiger partial charge in [-0.25, -0.2) is 9.89 Å². The largest absolute Gasteiger partial charge is 0.465 e. The molecular formula is C17H15N3O3. The summed E-state index contributed by atoms with van der Waals surface area (Å²) in [6.07, 6.45) is 0.526. The lowest BCUT2D eigenvalue weighted by Crippen LogP contribution is -2.11. The van der Waals surface area contributed by atoms with Gasteiger partial charge in [-0.2, -0.15) is 5.10 Å². The topological polar surface area (TPSA) is 98.1 Å². The van der Waals surface area contributed by atoms with Gasteiger partial charge >= 0.3 is 5.97 Å². The van der Waals surface area contributed by atoms with E-state index in [1.807, 2.05) is 12.1 Å². The molecule has 116 valence electrons. The number of aromatic amines is 1. The average molecular weight is 309 g/mol. The molecule has 0 aliphatic carbocycles. The van der Waals surface area contributed by atoms with Crippen LogP contribution >= 0.6 is 0 Å². The SMILES string of the molecule is COC(=O)c1ccc(Cc2n[nH]c(=O)c3cc(N)ccc23)cc1. The van der Waals surface area contributed by atoms with Crippen LogP contribution in [0.1, 0.15) is 21.6 Å². The fourth-order valence-corrected chi connectivity index (χ4v) is 2.44. The Morgan fingerprint density at radius 3 is 2.61 bits per heavy atom. The maximum Gasteiger partial charge on any atom is 0.337 e. The lowest BCUT2D eigenvalue weighted by atomic mass is 10.0. The molecule has 0 amide bonds. The van der Waals surface area contributed by atoms with E-state index in [4.69, 9.17) is 5.73 Å². The number of nitrogens with two attached hydrogens (primary N) is 1. The lowest BCUT2D eigenvalue weighted by Gasteiger charge is -2.06. The predicted molar refractivity (Wildman–Crippen MR) is 87.4 cm³/mol. The molecule has 0 atom stereocenters. The molecule has 3 aromatic rings. The van der Waals surface area contributed by atoms with Crippen molar-refractivity contribution >= 4 is 22.4 Å². The number of carbonyl (C=O) groups is 1. The van der Waals surface area contributed by atoms with E-state index in [1.54, 1.807) is 30.3 Å². The van der Waals surface area contributed by atoms with E-state index in [2.05, 4.69) is 14.9 Å². The normalized spacial score (nSPS) is 10.7. The number of nitrogens with one attached hydrogen (secondary N) is 1. The van der Waals surface area contributed by atoms with Crippen LogP contribution in [0.3, 0.4) is 0 Å². The number of rotatable bonds is 3. The number of fused-ring (bicyclic) bond motifs is 1. The zero-order valence-electron chi connectivity index (χ0n) is 12.5. The van der Waals surface area contributed by atoms with Crippen LogP contribution in [-0.2, 0) is 11.2 Å². The van der Waals surface area contributed by atoms with Gasteiger partial charge in [0.2, 0.25) is 0 Å². The first-order chi connectivity index (χ1) is 11.1. The van der Waals surface area contributed by atoms with Crippen molar-refractivity contribution < 1.29 is 9.53 Å². The highest BCUT2D eigenvalue weighted by Gasteiger charge is 2.09. The predicted octanol–water partition coefficient (Wildman–Crippen LogP) is 1.88. The summed E-state index contributed by atoms with van der Waals surface area (Å²) >= 11 is 0. The Kier molecular flexibility index (Phi) is 3.80. The second-order valence-corrected chi connectivity index (χ2v) is 5.17. The monoisotopic (exact) mass is 309 g/mol. The first kappa shape index (κ1) is 14.8. The standard InChI is InChI=1S/C17H15N3O3/c1-23-17(22)11-4-2-10(3-5-11)8-15-13-7-6-12(18)9-14(13)16(21)20-19-15/h2-7,9H,8,18H2,1H3,(H,20,21). The molecule has 0 fully saturated rings. The van der Waals surface area contributed by atoms with Crippen molar-refractivity contribution in [3.05, 3.63) is 69.6 Å². The molecule has 3 N–H and O–H groups in total. The van der Waals surface area contributed by atoms with Crippen LogP contribution < -0.4 is 11.3 Å². The van der Waals surface area contributed by atoms with E-state index in [1.165, 1.54) is 7.11 Å². The summed E-state index contributed by atoms with van der Waals surface area (Å²) in [5, 5.41) is 7.91. The minimum Gasteiger partial charge on any atom is -0.465 e. The number of anilines is 1. The van der Waals surface area contributed by atoms with E-state index in [9.17, 15) is 9.59 Å². The highest BCUT2D eigenvalue weighted by Crippen LogP contribution is 2.19. The van der Waals surface area contributed by atoms with E-state index in [-0.39, 0.29) is 11.5 Å². The molecule has 0 aliphatic heterocycles. The van der Waals surface area contributed by atoms with Gasteiger partial charge in [0.05, 0.1) is 23.8 Å². The number of H-pyrrole nitrogens is 1. The summed E-state index contributed by atoms with van der Waals surface area (Å²) in [5.41, 5.74) is 8.20. The highest BCUT2D eigenvalue weighted by molar-refractivity contribution is 5.89. The summed E-state index contributed by atoms with van der Waals surface area (Å²) in [5.74, 6) is -0.375. The average Bonchev–Trinajstić information content (AvgIpc) is 2.57. The van der Waals surface area contributed by atoms with Gasteiger partial charge in [0.15, 0.2) is 0 Å². The van der Waals surface area contributed by atoms with Crippen LogP contribution in [0.5, 0.6) is 0 Å². The van der Waals surface area contributed by atoms with Gasteiger partial charge in [0.25, 0.3) is 5.56 Å². The molecule has 23 heavy (non-hydrogen) atoms. The number of aromatic nitrogens is 2. The number of ether oxygens (including phenoxy) is 1. The summed E-state index contributed by atoms with van der Waals surface area (Å²) < 4.78 is 4.67. The lowest BCUT2D eigenvalue weighted by molar-refractivity contribution is 0.0600. The third-order valence-corrected chi connectivity index (χ3v) is 3.64. The number of carbonyl (C=O) groups excluding carboxylic acids is 1. The van der Waals surface area contributed by atoms with Crippen molar-refractivity contribution in [3.63, 3.8) is 0 Å². The first-order valence-electron chi connectivity index (χ1n) is 7.02. The summed E-state index contributed by atoms with van der Waals surface area (Å²) in [6, 6.07) is 12.3. The molecule has 6 heteroatoms. The molecule has 3 rings (SSSR count). The zero-order chi connectivity index (χ0) is 16.4. The Labute approximate surface area is 131 Å². The third kappa shape index (κ3) is 2.91. The molecule has 0 saturated heterocycles. The minimum absolute atomic E-state index is 0.267. The number of nitrogen functional groups attached to an aromatic ring is 1. The van der Waals surface area contributed by atoms with Crippen molar-refractivity contribution in [1.82, 2.24) is 10.2 Å². The van der Waals surface area contributed by atoms with E-state index in [0.29, 0.717) is 23.1 Å². The van der Waals surface area contributed by atoms with Gasteiger partial charge < -0.3 is 10.5 Å². The Balaban J connectivity index is 1.97. The van der Waals surface area contributed by atoms with Crippen LogP contribution in [-0.4, -0.2) is 23.3 Å². The second-order valence-electron chi connectivity index (χ2n) is 5.17. The molecule has 6 nitrogen and oxygen atoms in total. The van der Waals surface area contributed by atoms with Gasteiger partial charge in [-0.15, -0.1) is 0 Å². The summed E-state index contributed by atoms with van der Waals surface area (Å²) in [7, 11) is 1.35. The number of benzene rings is 2. The Morgan fingerprint density at radius 1 is 1.17 bits per heavy atom. The minimum atomic E-state index is -0.375. The maximum absolute atomic E-state index is 11.9. The number of nitrogens with zero attached hydrogens (tertiary/aromatic N) is 1. The van der Waals surface area contributed by atoms with Crippen molar-refractivity contribution in [2.45, 2.75) is 6.42 Å². The molecule has 0 radical (unpaired) electrons. The van der Waals surface area contributed by atoms with Crippen LogP contribution in [0.25, 0.3) is 10.8 Å². The van der Waals surface area contributed by atoms with Crippen molar-refractivity contribution in [2.24, 2.45) is 0 Å². The number of methoxy groups -OCH3 is 1. The van der Waals surface area contributed by atoms with Gasteiger partial charge in [-0.1, -0.05) is 18.2 Å². The fourth-order valence-electron chi connectivity index (χ4n) is 2.44. The molecule has 1 aromatic heterocycles. The molecule has 0 saturated carbocycles. The molecule has 0 aliphatic rings. The van der Waals surface area contributed by atoms with Crippen molar-refractivity contribution in [2.75, 3.05) is 12.8 Å². The van der Waals surface area contributed by atoms with Crippen LogP contribution in [0.15, 0.2) is 47.3 Å². The Morgan fingerprint density at radius 2 is 1.91 bits per heavy atom. The molecule has 2 aromatic carbocycles. The van der Waals surface area contributed by atoms with Crippen LogP contribution in [0.2, 0.25) is 0 Å². The number of hydrogen-bond donors (Lipinski definition) is 2. The molecule has 0 bridgehead atoms. The molecule has 0 spiro atoms. The highest BCUT2D eigenvalue weighted by atomic mass is 16.5. The molecule has 1 heterocycles. The van der Waals surface area contributed by atoms with Crippen molar-refractivity contribution in [3.8, 4) is 0 Å². The smallest absolute Gasteiger partial charge is 0.337 e. The van der Waals surface area contributed by atoms with Gasteiger partial charge in [0.1, 0.15) is 0 Å². The maximum atomic E-state index is 11.9. The quantitative estimate of drug-likeness (QED) is 0.568. The summed E-state index contributed by atoms with van der Waals surface area (Å²) in [4.78, 5) is 23.3.